The van der Waals surface area contributed by atoms with Crippen molar-refractivity contribution in [3.8, 4) is 5.75 Å². The summed E-state index contributed by atoms with van der Waals surface area (Å²) >= 11 is 0. The summed E-state index contributed by atoms with van der Waals surface area (Å²) in [5.41, 5.74) is 1.71. The highest BCUT2D eigenvalue weighted by Gasteiger charge is 2.07. The summed E-state index contributed by atoms with van der Waals surface area (Å²) in [6, 6.07) is 16.5. The van der Waals surface area contributed by atoms with Crippen molar-refractivity contribution in [3.63, 3.8) is 0 Å². The molecule has 0 N–H and O–H groups in total. The Labute approximate surface area is 125 Å². The molecule has 0 aliphatic carbocycles. The van der Waals surface area contributed by atoms with Gasteiger partial charge in [0.15, 0.2) is 0 Å². The van der Waals surface area contributed by atoms with Crippen molar-refractivity contribution in [3.05, 3.63) is 65.7 Å². The summed E-state index contributed by atoms with van der Waals surface area (Å²) in [7, 11) is -1.87. The Morgan fingerprint density at radius 3 is 2.33 bits per heavy atom. The van der Waals surface area contributed by atoms with Gasteiger partial charge in [0, 0.05) is 6.21 Å². The minimum absolute atomic E-state index is 0.00364. The molecule has 5 heteroatoms. The van der Waals surface area contributed by atoms with E-state index in [0.29, 0.717) is 6.42 Å². The van der Waals surface area contributed by atoms with E-state index < -0.39 is 10.0 Å². The van der Waals surface area contributed by atoms with E-state index in [2.05, 4.69) is 4.40 Å². The molecule has 2 rings (SSSR count). The van der Waals surface area contributed by atoms with E-state index in [-0.39, 0.29) is 5.75 Å². The van der Waals surface area contributed by atoms with Crippen LogP contribution in [0.4, 0.5) is 0 Å². The van der Waals surface area contributed by atoms with Gasteiger partial charge in [-0.25, -0.2) is 8.42 Å². The lowest BCUT2D eigenvalue weighted by Gasteiger charge is -2.01. The van der Waals surface area contributed by atoms with Gasteiger partial charge in [0.2, 0.25) is 0 Å². The van der Waals surface area contributed by atoms with Crippen LogP contribution in [0.3, 0.4) is 0 Å². The summed E-state index contributed by atoms with van der Waals surface area (Å²) in [5.74, 6) is 0.725. The van der Waals surface area contributed by atoms with Crippen LogP contribution in [0.1, 0.15) is 11.1 Å². The zero-order valence-electron chi connectivity index (χ0n) is 11.8. The number of rotatable bonds is 6. The van der Waals surface area contributed by atoms with Crippen molar-refractivity contribution < 1.29 is 13.2 Å². The molecule has 21 heavy (non-hydrogen) atoms. The lowest BCUT2D eigenvalue weighted by Crippen LogP contribution is -2.06. The van der Waals surface area contributed by atoms with Crippen LogP contribution in [-0.2, 0) is 16.4 Å². The Kier molecular flexibility index (Phi) is 5.11. The third kappa shape index (κ3) is 5.04. The lowest BCUT2D eigenvalue weighted by molar-refractivity contribution is 0.415. The molecule has 0 aromatic heterocycles. The molecule has 0 saturated heterocycles. The summed E-state index contributed by atoms with van der Waals surface area (Å²) in [6.07, 6.45) is 1.82. The predicted molar refractivity (Wildman–Crippen MR) is 84.5 cm³/mol. The van der Waals surface area contributed by atoms with Crippen LogP contribution in [0.25, 0.3) is 0 Å². The van der Waals surface area contributed by atoms with Crippen LogP contribution in [-0.4, -0.2) is 27.5 Å². The van der Waals surface area contributed by atoms with Gasteiger partial charge in [0.25, 0.3) is 10.0 Å². The smallest absolute Gasteiger partial charge is 0.253 e. The Morgan fingerprint density at radius 1 is 1.05 bits per heavy atom. The Morgan fingerprint density at radius 2 is 1.71 bits per heavy atom. The van der Waals surface area contributed by atoms with Gasteiger partial charge in [-0.3, -0.25) is 0 Å². The maximum absolute atomic E-state index is 11.9. The van der Waals surface area contributed by atoms with Gasteiger partial charge in [-0.05, 0) is 41.8 Å². The summed E-state index contributed by atoms with van der Waals surface area (Å²) in [6.45, 7) is 0. The second-order valence-electron chi connectivity index (χ2n) is 4.53. The molecule has 0 heterocycles. The van der Waals surface area contributed by atoms with Gasteiger partial charge in [-0.15, -0.1) is 0 Å². The van der Waals surface area contributed by atoms with Crippen LogP contribution in [0.2, 0.25) is 0 Å². The summed E-state index contributed by atoms with van der Waals surface area (Å²) in [5, 5.41) is 0. The molecule has 0 fully saturated rings. The van der Waals surface area contributed by atoms with Gasteiger partial charge in [0.05, 0.1) is 12.9 Å². The monoisotopic (exact) mass is 303 g/mol. The van der Waals surface area contributed by atoms with Crippen LogP contribution < -0.4 is 4.74 Å². The fourth-order valence-corrected chi connectivity index (χ4v) is 2.66. The first kappa shape index (κ1) is 15.3. The largest absolute Gasteiger partial charge is 0.497 e. The molecule has 0 amide bonds. The number of aryl methyl sites for hydroxylation is 1. The van der Waals surface area contributed by atoms with E-state index in [1.807, 2.05) is 30.3 Å². The van der Waals surface area contributed by atoms with Crippen LogP contribution in [0, 0.1) is 0 Å². The van der Waals surface area contributed by atoms with Crippen molar-refractivity contribution in [1.29, 1.82) is 0 Å². The fourth-order valence-electron chi connectivity index (χ4n) is 1.78. The number of hydrogen-bond acceptors (Lipinski definition) is 3. The number of ether oxygens (including phenoxy) is 1. The third-order valence-electron chi connectivity index (χ3n) is 2.97. The average Bonchev–Trinajstić information content (AvgIpc) is 2.53. The average molecular weight is 303 g/mol. The maximum Gasteiger partial charge on any atom is 0.253 e. The van der Waals surface area contributed by atoms with E-state index in [1.165, 1.54) is 6.21 Å². The summed E-state index contributed by atoms with van der Waals surface area (Å²) < 4.78 is 32.5. The zero-order valence-corrected chi connectivity index (χ0v) is 12.6. The van der Waals surface area contributed by atoms with E-state index in [9.17, 15) is 8.42 Å². The van der Waals surface area contributed by atoms with Crippen molar-refractivity contribution in [2.24, 2.45) is 4.40 Å². The topological polar surface area (TPSA) is 55.7 Å². The van der Waals surface area contributed by atoms with Gasteiger partial charge < -0.3 is 4.74 Å². The second kappa shape index (κ2) is 7.04. The first-order chi connectivity index (χ1) is 10.1. The summed E-state index contributed by atoms with van der Waals surface area (Å²) in [4.78, 5) is 0. The molecule has 0 saturated carbocycles. The molecule has 0 radical (unpaired) electrons. The highest BCUT2D eigenvalue weighted by atomic mass is 32.2. The van der Waals surface area contributed by atoms with Crippen LogP contribution in [0.5, 0.6) is 5.75 Å². The Balaban J connectivity index is 1.97. The highest BCUT2D eigenvalue weighted by molar-refractivity contribution is 7.90. The third-order valence-corrected chi connectivity index (χ3v) is 4.12. The molecule has 110 valence electrons. The molecule has 0 bridgehead atoms. The number of sulfonamides is 1. The van der Waals surface area contributed by atoms with Crippen molar-refractivity contribution in [2.75, 3.05) is 12.9 Å². The number of methoxy groups -OCH3 is 1. The molecule has 0 atom stereocenters. The number of hydrogen-bond donors (Lipinski definition) is 0. The molecule has 4 nitrogen and oxygen atoms in total. The van der Waals surface area contributed by atoms with Crippen LogP contribution in [0.15, 0.2) is 59.0 Å². The normalized spacial score (nSPS) is 11.7. The molecule has 2 aromatic rings. The minimum atomic E-state index is -3.46. The molecule has 0 unspecified atom stereocenters. The quantitative estimate of drug-likeness (QED) is 0.771. The molecular formula is C16H17NO3S. The van der Waals surface area contributed by atoms with E-state index in [0.717, 1.165) is 16.9 Å². The van der Waals surface area contributed by atoms with E-state index in [4.69, 9.17) is 4.74 Å². The number of nitrogens with zero attached hydrogens (tertiary/aromatic N) is 1. The standard InChI is InChI=1S/C16H17NO3S/c1-20-16-9-7-15(8-10-16)13-17-21(18,19)12-11-14-5-3-2-4-6-14/h2-10,13H,11-12H2,1H3/b17-13+. The molecule has 0 aliphatic heterocycles. The zero-order chi connectivity index (χ0) is 15.1. The first-order valence-corrected chi connectivity index (χ1v) is 8.16. The maximum atomic E-state index is 11.9. The van der Waals surface area contributed by atoms with E-state index in [1.54, 1.807) is 31.4 Å². The Bertz CT molecular complexity index is 692. The molecular weight excluding hydrogens is 286 g/mol. The van der Waals surface area contributed by atoms with Crippen molar-refractivity contribution in [2.45, 2.75) is 6.42 Å². The molecule has 2 aromatic carbocycles. The van der Waals surface area contributed by atoms with Crippen molar-refractivity contribution >= 4 is 16.2 Å². The number of benzene rings is 2. The molecule has 0 spiro atoms. The van der Waals surface area contributed by atoms with Crippen LogP contribution >= 0.6 is 0 Å². The van der Waals surface area contributed by atoms with Gasteiger partial charge in [-0.1, -0.05) is 30.3 Å². The second-order valence-corrected chi connectivity index (χ2v) is 6.31. The van der Waals surface area contributed by atoms with Gasteiger partial charge in [0.1, 0.15) is 5.75 Å². The van der Waals surface area contributed by atoms with Gasteiger partial charge in [-0.2, -0.15) is 4.40 Å². The van der Waals surface area contributed by atoms with Gasteiger partial charge >= 0.3 is 0 Å². The predicted octanol–water partition coefficient (Wildman–Crippen LogP) is 2.69. The van der Waals surface area contributed by atoms with E-state index >= 15 is 0 Å². The highest BCUT2D eigenvalue weighted by Crippen LogP contribution is 2.10. The fraction of sp³-hybridized carbons (Fsp3) is 0.188. The molecule has 0 aliphatic rings. The van der Waals surface area contributed by atoms with Crippen molar-refractivity contribution in [1.82, 2.24) is 0 Å². The Hall–Kier alpha value is -2.14. The minimum Gasteiger partial charge on any atom is -0.497 e. The SMILES string of the molecule is COc1ccc(/C=N/S(=O)(=O)CCc2ccccc2)cc1. The lowest BCUT2D eigenvalue weighted by atomic mass is 10.2. The first-order valence-electron chi connectivity index (χ1n) is 6.55.